The van der Waals surface area contributed by atoms with Crippen molar-refractivity contribution in [1.29, 1.82) is 0 Å². The molecule has 174 valence electrons. The van der Waals surface area contributed by atoms with Crippen LogP contribution in [-0.4, -0.2) is 31.0 Å². The molecule has 4 rings (SSSR count). The molecular formula is C26H31N3O4. The molecular weight excluding hydrogens is 418 g/mol. The number of hydrogen-bond donors (Lipinski definition) is 1. The Morgan fingerprint density at radius 3 is 2.58 bits per heavy atom. The fraction of sp³-hybridized carbons (Fsp3) is 0.423. The van der Waals surface area contributed by atoms with Crippen LogP contribution in [-0.2, 0) is 37.1 Å². The van der Waals surface area contributed by atoms with Crippen molar-refractivity contribution in [1.82, 2.24) is 14.3 Å². The number of ether oxygens (including phenoxy) is 1. The van der Waals surface area contributed by atoms with E-state index in [0.717, 1.165) is 41.8 Å². The van der Waals surface area contributed by atoms with E-state index in [9.17, 15) is 14.7 Å². The molecule has 0 spiro atoms. The molecule has 0 fully saturated rings. The first-order valence-corrected chi connectivity index (χ1v) is 11.6. The molecule has 0 saturated heterocycles. The number of aryl methyl sites for hydroxylation is 3. The zero-order valence-corrected chi connectivity index (χ0v) is 19.5. The largest absolute Gasteiger partial charge is 0.478 e. The van der Waals surface area contributed by atoms with Crippen molar-refractivity contribution in [3.05, 3.63) is 81.0 Å². The van der Waals surface area contributed by atoms with E-state index < -0.39 is 11.6 Å². The molecule has 1 aliphatic rings. The highest BCUT2D eigenvalue weighted by Gasteiger charge is 2.41. The highest BCUT2D eigenvalue weighted by Crippen LogP contribution is 2.36. The SMILES string of the molecule is CCCn1c(CCCc2ccc3c(c2)CC(C)(C(=O)O)O3)nn(Cc2ccc(C)cc2)c1=O. The number of aliphatic carboxylic acids is 1. The van der Waals surface area contributed by atoms with E-state index >= 15 is 0 Å². The Morgan fingerprint density at radius 1 is 1.15 bits per heavy atom. The highest BCUT2D eigenvalue weighted by atomic mass is 16.5. The summed E-state index contributed by atoms with van der Waals surface area (Å²) in [4.78, 5) is 24.4. The van der Waals surface area contributed by atoms with Crippen LogP contribution in [0, 0.1) is 6.92 Å². The Balaban J connectivity index is 1.44. The van der Waals surface area contributed by atoms with Crippen LogP contribution in [0.4, 0.5) is 0 Å². The predicted molar refractivity (Wildman–Crippen MR) is 126 cm³/mol. The van der Waals surface area contributed by atoms with Gasteiger partial charge in [0.05, 0.1) is 6.54 Å². The van der Waals surface area contributed by atoms with Crippen molar-refractivity contribution >= 4 is 5.97 Å². The van der Waals surface area contributed by atoms with Crippen LogP contribution in [0.3, 0.4) is 0 Å². The lowest BCUT2D eigenvalue weighted by molar-refractivity contribution is -0.152. The van der Waals surface area contributed by atoms with E-state index in [2.05, 4.69) is 12.0 Å². The number of hydrogen-bond acceptors (Lipinski definition) is 4. The number of carbonyl (C=O) groups is 1. The molecule has 0 radical (unpaired) electrons. The third-order valence-electron chi connectivity index (χ3n) is 6.21. The molecule has 3 aromatic rings. The van der Waals surface area contributed by atoms with Gasteiger partial charge in [-0.2, -0.15) is 5.10 Å². The van der Waals surface area contributed by atoms with Gasteiger partial charge in [-0.3, -0.25) is 4.57 Å². The van der Waals surface area contributed by atoms with Gasteiger partial charge in [0, 0.05) is 19.4 Å². The van der Waals surface area contributed by atoms with Crippen molar-refractivity contribution in [3.8, 4) is 5.75 Å². The predicted octanol–water partition coefficient (Wildman–Crippen LogP) is 3.77. The van der Waals surface area contributed by atoms with Gasteiger partial charge in [-0.1, -0.05) is 48.9 Å². The second-order valence-corrected chi connectivity index (χ2v) is 9.10. The molecule has 0 aliphatic carbocycles. The highest BCUT2D eigenvalue weighted by molar-refractivity contribution is 5.79. The lowest BCUT2D eigenvalue weighted by Gasteiger charge is -2.17. The van der Waals surface area contributed by atoms with Crippen LogP contribution in [0.5, 0.6) is 5.75 Å². The second-order valence-electron chi connectivity index (χ2n) is 9.10. The van der Waals surface area contributed by atoms with Crippen molar-refractivity contribution in [2.24, 2.45) is 0 Å². The molecule has 7 nitrogen and oxygen atoms in total. The molecule has 0 saturated carbocycles. The van der Waals surface area contributed by atoms with Gasteiger partial charge < -0.3 is 9.84 Å². The third kappa shape index (κ3) is 4.87. The summed E-state index contributed by atoms with van der Waals surface area (Å²) in [5, 5.41) is 14.1. The summed E-state index contributed by atoms with van der Waals surface area (Å²) in [6, 6.07) is 14.1. The van der Waals surface area contributed by atoms with E-state index in [1.54, 1.807) is 16.2 Å². The second kappa shape index (κ2) is 9.25. The van der Waals surface area contributed by atoms with E-state index in [4.69, 9.17) is 4.74 Å². The molecule has 7 heteroatoms. The van der Waals surface area contributed by atoms with Crippen LogP contribution in [0.2, 0.25) is 0 Å². The van der Waals surface area contributed by atoms with Crippen molar-refractivity contribution < 1.29 is 14.6 Å². The quantitative estimate of drug-likeness (QED) is 0.538. The molecule has 2 aromatic carbocycles. The minimum atomic E-state index is -1.19. The van der Waals surface area contributed by atoms with Crippen molar-refractivity contribution in [3.63, 3.8) is 0 Å². The standard InChI is InChI=1S/C26H31N3O4/c1-4-14-28-23(27-29(25(28)32)17-20-10-8-18(2)9-11-20)7-5-6-19-12-13-22-21(15-19)16-26(3,33-22)24(30)31/h8-13,15H,4-7,14,16-17H2,1-3H3,(H,30,31). The number of rotatable bonds is 9. The van der Waals surface area contributed by atoms with Gasteiger partial charge in [0.15, 0.2) is 0 Å². The van der Waals surface area contributed by atoms with Gasteiger partial charge in [0.25, 0.3) is 0 Å². The van der Waals surface area contributed by atoms with Crippen molar-refractivity contribution in [2.75, 3.05) is 0 Å². The molecule has 1 aromatic heterocycles. The Morgan fingerprint density at radius 2 is 1.88 bits per heavy atom. The van der Waals surface area contributed by atoms with Crippen LogP contribution < -0.4 is 10.4 Å². The molecule has 1 atom stereocenters. The molecule has 33 heavy (non-hydrogen) atoms. The lowest BCUT2D eigenvalue weighted by atomic mass is 9.97. The van der Waals surface area contributed by atoms with Crippen LogP contribution in [0.1, 0.15) is 54.8 Å². The van der Waals surface area contributed by atoms with Crippen LogP contribution >= 0.6 is 0 Å². The van der Waals surface area contributed by atoms with Gasteiger partial charge in [0.2, 0.25) is 5.60 Å². The Bertz CT molecular complexity index is 1210. The van der Waals surface area contributed by atoms with Crippen LogP contribution in [0.15, 0.2) is 47.3 Å². The van der Waals surface area contributed by atoms with Gasteiger partial charge in [0.1, 0.15) is 11.6 Å². The van der Waals surface area contributed by atoms with Gasteiger partial charge in [-0.15, -0.1) is 0 Å². The minimum absolute atomic E-state index is 0.0601. The maximum absolute atomic E-state index is 12.9. The van der Waals surface area contributed by atoms with E-state index in [-0.39, 0.29) is 5.69 Å². The molecule has 0 amide bonds. The first kappa shape index (κ1) is 22.8. The number of nitrogens with zero attached hydrogens (tertiary/aromatic N) is 3. The van der Waals surface area contributed by atoms with Crippen LogP contribution in [0.25, 0.3) is 0 Å². The Kier molecular flexibility index (Phi) is 6.40. The summed E-state index contributed by atoms with van der Waals surface area (Å²) >= 11 is 0. The first-order chi connectivity index (χ1) is 15.8. The van der Waals surface area contributed by atoms with Gasteiger partial charge >= 0.3 is 11.7 Å². The minimum Gasteiger partial charge on any atom is -0.478 e. The summed E-state index contributed by atoms with van der Waals surface area (Å²) in [7, 11) is 0. The van der Waals surface area contributed by atoms with E-state index in [1.807, 2.05) is 49.4 Å². The summed E-state index contributed by atoms with van der Waals surface area (Å²) in [5.41, 5.74) is 3.06. The smallest absolute Gasteiger partial charge is 0.348 e. The molecule has 1 aliphatic heterocycles. The average Bonchev–Trinajstić information content (AvgIpc) is 3.27. The molecule has 2 heterocycles. The summed E-state index contributed by atoms with van der Waals surface area (Å²) in [6.07, 6.45) is 3.61. The summed E-state index contributed by atoms with van der Waals surface area (Å²) in [6.45, 7) is 6.84. The maximum atomic E-state index is 12.9. The monoisotopic (exact) mass is 449 g/mol. The molecule has 1 unspecified atom stereocenters. The number of aromatic nitrogens is 3. The summed E-state index contributed by atoms with van der Waals surface area (Å²) in [5.74, 6) is 0.516. The number of carboxylic acids is 1. The maximum Gasteiger partial charge on any atom is 0.348 e. The summed E-state index contributed by atoms with van der Waals surface area (Å²) < 4.78 is 9.01. The number of benzene rings is 2. The topological polar surface area (TPSA) is 86.3 Å². The Hall–Kier alpha value is -3.35. The van der Waals surface area contributed by atoms with Gasteiger partial charge in [-0.05, 0) is 55.9 Å². The molecule has 1 N–H and O–H groups in total. The lowest BCUT2D eigenvalue weighted by Crippen LogP contribution is -2.39. The zero-order chi connectivity index (χ0) is 23.6. The number of carboxylic acid groups (broad SMARTS) is 1. The number of fused-ring (bicyclic) bond motifs is 1. The third-order valence-corrected chi connectivity index (χ3v) is 6.21. The Labute approximate surface area is 193 Å². The first-order valence-electron chi connectivity index (χ1n) is 11.6. The van der Waals surface area contributed by atoms with E-state index in [1.165, 1.54) is 5.56 Å². The zero-order valence-electron chi connectivity index (χ0n) is 19.5. The fourth-order valence-corrected chi connectivity index (χ4v) is 4.33. The normalized spacial score (nSPS) is 17.1. The van der Waals surface area contributed by atoms with Gasteiger partial charge in [-0.25, -0.2) is 14.3 Å². The fourth-order valence-electron chi connectivity index (χ4n) is 4.33. The average molecular weight is 450 g/mol. The van der Waals surface area contributed by atoms with Crippen molar-refractivity contribution in [2.45, 2.75) is 71.6 Å². The van der Waals surface area contributed by atoms with E-state index in [0.29, 0.717) is 31.7 Å². The molecule has 0 bridgehead atoms.